The van der Waals surface area contributed by atoms with Crippen molar-refractivity contribution >= 4 is 19.2 Å². The molecule has 3 N–H and O–H groups in total. The zero-order valence-corrected chi connectivity index (χ0v) is 22.4. The first kappa shape index (κ1) is 27.6. The third-order valence-corrected chi connectivity index (χ3v) is 7.68. The van der Waals surface area contributed by atoms with Crippen molar-refractivity contribution in [2.45, 2.75) is 58.4 Å². The molecule has 0 saturated carbocycles. The Morgan fingerprint density at radius 2 is 1.60 bits per heavy atom. The lowest BCUT2D eigenvalue weighted by atomic mass is 9.86. The van der Waals surface area contributed by atoms with Crippen LogP contribution in [0.1, 0.15) is 58.6 Å². The van der Waals surface area contributed by atoms with Gasteiger partial charge in [-0.2, -0.15) is 0 Å². The van der Waals surface area contributed by atoms with E-state index in [0.29, 0.717) is 25.4 Å². The van der Waals surface area contributed by atoms with Gasteiger partial charge in [-0.25, -0.2) is 0 Å². The third kappa shape index (κ3) is 9.91. The van der Waals surface area contributed by atoms with Crippen molar-refractivity contribution in [3.63, 3.8) is 0 Å². The van der Waals surface area contributed by atoms with Gasteiger partial charge in [0.1, 0.15) is 0 Å². The molecule has 0 fully saturated rings. The average molecular weight is 514 g/mol. The largest absolute Gasteiger partial charge is 0.325 e. The van der Waals surface area contributed by atoms with Gasteiger partial charge in [0.2, 0.25) is 0 Å². The molecule has 0 amide bonds. The zero-order chi connectivity index (χ0) is 25.3. The van der Waals surface area contributed by atoms with E-state index >= 15 is 0 Å². The van der Waals surface area contributed by atoms with Gasteiger partial charge >= 0.3 is 7.60 Å². The van der Waals surface area contributed by atoms with E-state index < -0.39 is 7.60 Å². The van der Waals surface area contributed by atoms with Gasteiger partial charge in [-0.3, -0.25) is 4.57 Å². The summed E-state index contributed by atoms with van der Waals surface area (Å²) < 4.78 is 10.9. The highest BCUT2D eigenvalue weighted by molar-refractivity contribution is 7.51. The Balaban J connectivity index is 1.53. The van der Waals surface area contributed by atoms with E-state index in [2.05, 4.69) is 73.8 Å². The quantitative estimate of drug-likeness (QED) is 0.171. The van der Waals surface area contributed by atoms with Gasteiger partial charge in [0.05, 0.1) is 6.16 Å². The lowest BCUT2D eigenvalue weighted by Crippen LogP contribution is -2.15. The molecule has 0 aliphatic rings. The van der Waals surface area contributed by atoms with Gasteiger partial charge in [0.25, 0.3) is 0 Å². The summed E-state index contributed by atoms with van der Waals surface area (Å²) in [5.41, 5.74) is 7.84. The Morgan fingerprint density at radius 3 is 2.29 bits per heavy atom. The van der Waals surface area contributed by atoms with Crippen LogP contribution in [-0.2, 0) is 24.0 Å². The zero-order valence-electron chi connectivity index (χ0n) is 20.7. The van der Waals surface area contributed by atoms with Crippen LogP contribution in [0.15, 0.2) is 66.7 Å². The number of hydrogen-bond acceptors (Lipinski definition) is 2. The molecule has 3 aromatic carbocycles. The second kappa shape index (κ2) is 13.4. The predicted molar refractivity (Wildman–Crippen MR) is 146 cm³/mol. The first-order valence-corrected chi connectivity index (χ1v) is 14.5. The second-order valence-electron chi connectivity index (χ2n) is 9.50. The molecule has 3 aromatic rings. The minimum absolute atomic E-state index is 0.0708. The van der Waals surface area contributed by atoms with Crippen LogP contribution < -0.4 is 5.32 Å². The summed E-state index contributed by atoms with van der Waals surface area (Å²) in [6.45, 7) is 5.63. The van der Waals surface area contributed by atoms with E-state index in [4.69, 9.17) is 21.4 Å². The maximum absolute atomic E-state index is 10.9. The molecule has 0 radical (unpaired) electrons. The molecule has 0 heterocycles. The van der Waals surface area contributed by atoms with Crippen LogP contribution in [0.5, 0.6) is 0 Å². The first-order chi connectivity index (χ1) is 16.7. The highest BCUT2D eigenvalue weighted by Crippen LogP contribution is 2.34. The summed E-state index contributed by atoms with van der Waals surface area (Å²) in [5, 5.41) is 4.04. The van der Waals surface area contributed by atoms with Crippen molar-refractivity contribution in [3.8, 4) is 0 Å². The van der Waals surface area contributed by atoms with Crippen molar-refractivity contribution in [1.29, 1.82) is 0 Å². The Labute approximate surface area is 214 Å². The van der Waals surface area contributed by atoms with Gasteiger partial charge in [0, 0.05) is 11.6 Å². The lowest BCUT2D eigenvalue weighted by molar-refractivity contribution is 0.371. The van der Waals surface area contributed by atoms with E-state index in [-0.39, 0.29) is 6.16 Å². The van der Waals surface area contributed by atoms with E-state index in [9.17, 15) is 4.57 Å². The molecule has 4 nitrogen and oxygen atoms in total. The minimum atomic E-state index is -3.90. The van der Waals surface area contributed by atoms with E-state index in [1.54, 1.807) is 0 Å². The standard InChI is InChI=1S/C29H37ClNO3P/c1-22-10-11-26(18-23(22)2)19-27(28-8-4-9-29(30)20-28)7-3-6-24-12-14-25(15-13-24)21-31-16-5-17-35(32,33)34/h4,8-15,18,20,27,31H,3,5-7,16-17,19,21H2,1-2H3,(H2,32,33,34). The van der Waals surface area contributed by atoms with Crippen LogP contribution >= 0.6 is 19.2 Å². The van der Waals surface area contributed by atoms with Crippen LogP contribution in [-0.4, -0.2) is 22.5 Å². The van der Waals surface area contributed by atoms with Crippen molar-refractivity contribution in [2.75, 3.05) is 12.7 Å². The number of aryl methyl sites for hydroxylation is 3. The maximum atomic E-state index is 10.9. The van der Waals surface area contributed by atoms with Crippen molar-refractivity contribution in [3.05, 3.63) is 105 Å². The molecule has 0 aliphatic heterocycles. The normalized spacial score (nSPS) is 12.6. The number of hydrogen-bond donors (Lipinski definition) is 3. The number of halogens is 1. The molecule has 0 bridgehead atoms. The fourth-order valence-electron chi connectivity index (χ4n) is 4.38. The van der Waals surface area contributed by atoms with Gasteiger partial charge in [-0.15, -0.1) is 0 Å². The molecule has 0 aliphatic carbocycles. The van der Waals surface area contributed by atoms with Gasteiger partial charge in [-0.05, 0) is 104 Å². The maximum Gasteiger partial charge on any atom is 0.325 e. The van der Waals surface area contributed by atoms with Crippen LogP contribution in [0.25, 0.3) is 0 Å². The van der Waals surface area contributed by atoms with Crippen LogP contribution in [0.4, 0.5) is 0 Å². The average Bonchev–Trinajstić information content (AvgIpc) is 2.81. The highest BCUT2D eigenvalue weighted by Gasteiger charge is 2.14. The van der Waals surface area contributed by atoms with Gasteiger partial charge < -0.3 is 15.1 Å². The molecular weight excluding hydrogens is 477 g/mol. The number of rotatable bonds is 13. The molecule has 1 atom stereocenters. The fraction of sp³-hybridized carbons (Fsp3) is 0.379. The van der Waals surface area contributed by atoms with Crippen LogP contribution in [0, 0.1) is 13.8 Å². The molecule has 6 heteroatoms. The molecule has 0 aromatic heterocycles. The monoisotopic (exact) mass is 513 g/mol. The Bertz CT molecular complexity index is 1130. The van der Waals surface area contributed by atoms with Crippen molar-refractivity contribution in [1.82, 2.24) is 5.32 Å². The molecule has 1 unspecified atom stereocenters. The third-order valence-electron chi connectivity index (χ3n) is 6.55. The van der Waals surface area contributed by atoms with E-state index in [1.807, 2.05) is 12.1 Å². The lowest BCUT2D eigenvalue weighted by Gasteiger charge is -2.19. The van der Waals surface area contributed by atoms with E-state index in [0.717, 1.165) is 30.7 Å². The SMILES string of the molecule is Cc1ccc(CC(CCCc2ccc(CNCCCP(=O)(O)O)cc2)c2cccc(Cl)c2)cc1C. The van der Waals surface area contributed by atoms with Crippen molar-refractivity contribution < 1.29 is 14.4 Å². The number of nitrogens with one attached hydrogen (secondary N) is 1. The topological polar surface area (TPSA) is 69.6 Å². The Kier molecular flexibility index (Phi) is 10.6. The summed E-state index contributed by atoms with van der Waals surface area (Å²) in [6.07, 6.45) is 4.63. The van der Waals surface area contributed by atoms with Crippen molar-refractivity contribution in [2.24, 2.45) is 0 Å². The second-order valence-corrected chi connectivity index (χ2v) is 11.7. The summed E-state index contributed by atoms with van der Waals surface area (Å²) >= 11 is 6.32. The molecular formula is C29H37ClNO3P. The summed E-state index contributed by atoms with van der Waals surface area (Å²) in [5.74, 6) is 0.424. The first-order valence-electron chi connectivity index (χ1n) is 12.3. The van der Waals surface area contributed by atoms with Gasteiger partial charge in [-0.1, -0.05) is 66.2 Å². The predicted octanol–water partition coefficient (Wildman–Crippen LogP) is 6.96. The van der Waals surface area contributed by atoms with Crippen LogP contribution in [0.2, 0.25) is 5.02 Å². The molecule has 3 rings (SSSR count). The smallest absolute Gasteiger partial charge is 0.324 e. The van der Waals surface area contributed by atoms with Gasteiger partial charge in [0.15, 0.2) is 0 Å². The fourth-order valence-corrected chi connectivity index (χ4v) is 5.15. The molecule has 0 saturated heterocycles. The Hall–Kier alpha value is -1.94. The highest BCUT2D eigenvalue weighted by atomic mass is 35.5. The van der Waals surface area contributed by atoms with Crippen LogP contribution in [0.3, 0.4) is 0 Å². The minimum Gasteiger partial charge on any atom is -0.324 e. The molecule has 0 spiro atoms. The summed E-state index contributed by atoms with van der Waals surface area (Å²) in [6, 6.07) is 23.7. The summed E-state index contributed by atoms with van der Waals surface area (Å²) in [4.78, 5) is 17.8. The molecule has 35 heavy (non-hydrogen) atoms. The number of benzene rings is 3. The van der Waals surface area contributed by atoms with E-state index in [1.165, 1.54) is 33.4 Å². The molecule has 188 valence electrons. The Morgan fingerprint density at radius 1 is 0.886 bits per heavy atom. The summed E-state index contributed by atoms with van der Waals surface area (Å²) in [7, 11) is -3.90.